The van der Waals surface area contributed by atoms with Crippen molar-refractivity contribution in [3.63, 3.8) is 0 Å². The molecular weight excluding hydrogens is 372 g/mol. The Morgan fingerprint density at radius 3 is 2.64 bits per heavy atom. The summed E-state index contributed by atoms with van der Waals surface area (Å²) in [5, 5.41) is 3.45. The highest BCUT2D eigenvalue weighted by Gasteiger charge is 2.16. The van der Waals surface area contributed by atoms with Gasteiger partial charge < -0.3 is 10.3 Å². The lowest BCUT2D eigenvalue weighted by Crippen LogP contribution is -2.37. The van der Waals surface area contributed by atoms with Crippen LogP contribution in [0, 0.1) is 0 Å². The summed E-state index contributed by atoms with van der Waals surface area (Å²) in [5.74, 6) is 0.267. The third-order valence-corrected chi connectivity index (χ3v) is 6.18. The van der Waals surface area contributed by atoms with Crippen molar-refractivity contribution in [2.75, 3.05) is 25.0 Å². The molecule has 1 atom stereocenters. The van der Waals surface area contributed by atoms with E-state index in [-0.39, 0.29) is 5.91 Å². The molecule has 0 bridgehead atoms. The number of anilines is 1. The number of imidazole rings is 1. The van der Waals surface area contributed by atoms with E-state index in [4.69, 9.17) is 0 Å². The van der Waals surface area contributed by atoms with Crippen LogP contribution in [0.2, 0.25) is 0 Å². The van der Waals surface area contributed by atoms with Gasteiger partial charge in [-0.25, -0.2) is 4.98 Å². The van der Waals surface area contributed by atoms with Crippen LogP contribution < -0.4 is 5.32 Å². The third kappa shape index (κ3) is 4.48. The Morgan fingerprint density at radius 2 is 1.82 bits per heavy atom. The number of carbonyl (C=O) groups is 1. The summed E-state index contributed by atoms with van der Waals surface area (Å²) >= 11 is 0. The zero-order valence-electron chi connectivity index (χ0n) is 15.7. The fraction of sp³-hybridized carbons (Fsp3) is 0.333. The molecule has 4 rings (SSSR count). The number of benzene rings is 2. The number of hydrogen-bond acceptors (Lipinski definition) is 4. The van der Waals surface area contributed by atoms with Gasteiger partial charge in [-0.15, -0.1) is 0 Å². The molecule has 1 aliphatic rings. The second kappa shape index (κ2) is 8.67. The average molecular weight is 397 g/mol. The number of amides is 1. The van der Waals surface area contributed by atoms with Crippen LogP contribution in [0.3, 0.4) is 0 Å². The predicted molar refractivity (Wildman–Crippen MR) is 112 cm³/mol. The molecule has 1 saturated heterocycles. The van der Waals surface area contributed by atoms with Crippen molar-refractivity contribution < 1.29 is 9.00 Å². The molecule has 0 unspecified atom stereocenters. The summed E-state index contributed by atoms with van der Waals surface area (Å²) in [6, 6.07) is 15.2. The lowest BCUT2D eigenvalue weighted by atomic mass is 10.1. The number of aromatic amines is 1. The van der Waals surface area contributed by atoms with Crippen LogP contribution in [0.15, 0.2) is 53.7 Å². The first-order valence-electron chi connectivity index (χ1n) is 9.62. The molecule has 0 saturated carbocycles. The molecule has 1 fully saturated rings. The minimum absolute atomic E-state index is 0.0242. The van der Waals surface area contributed by atoms with Crippen LogP contribution in [0.5, 0.6) is 0 Å². The number of piperidine rings is 1. The van der Waals surface area contributed by atoms with Crippen molar-refractivity contribution >= 4 is 33.4 Å². The van der Waals surface area contributed by atoms with Crippen LogP contribution in [0.25, 0.3) is 11.0 Å². The number of aromatic nitrogens is 2. The van der Waals surface area contributed by atoms with Gasteiger partial charge in [0.1, 0.15) is 0 Å². The standard InChI is InChI=1S/C21H24N4O2S/c26-20(14-25-12-6-1-7-13-25)22-17-9-3-2-8-16(17)15-28(27)21-23-18-10-4-5-11-19(18)24-21/h2-5,8-11H,1,6-7,12-15H2,(H,22,26)(H,23,24)/t28-/m0/s1. The number of rotatable bonds is 6. The third-order valence-electron chi connectivity index (χ3n) is 4.98. The quantitative estimate of drug-likeness (QED) is 0.670. The Bertz CT molecular complexity index is 962. The maximum atomic E-state index is 12.8. The van der Waals surface area contributed by atoms with E-state index in [1.807, 2.05) is 48.5 Å². The van der Waals surface area contributed by atoms with E-state index >= 15 is 0 Å². The number of para-hydroxylation sites is 3. The molecule has 2 aromatic carbocycles. The number of likely N-dealkylation sites (tertiary alicyclic amines) is 1. The summed E-state index contributed by atoms with van der Waals surface area (Å²) in [4.78, 5) is 22.2. The molecule has 2 heterocycles. The SMILES string of the molecule is O=C(CN1CCCCC1)Nc1ccccc1C[S@](=O)c1nc2ccccc2[nH]1. The predicted octanol–water partition coefficient (Wildman–Crippen LogP) is 3.30. The summed E-state index contributed by atoms with van der Waals surface area (Å²) in [6.07, 6.45) is 3.55. The highest BCUT2D eigenvalue weighted by molar-refractivity contribution is 7.84. The molecule has 6 nitrogen and oxygen atoms in total. The van der Waals surface area contributed by atoms with Gasteiger partial charge in [0.05, 0.1) is 34.1 Å². The van der Waals surface area contributed by atoms with Crippen LogP contribution in [0.4, 0.5) is 5.69 Å². The van der Waals surface area contributed by atoms with E-state index in [0.717, 1.165) is 42.5 Å². The molecule has 0 aliphatic carbocycles. The van der Waals surface area contributed by atoms with Gasteiger partial charge >= 0.3 is 0 Å². The van der Waals surface area contributed by atoms with Gasteiger partial charge in [-0.2, -0.15) is 0 Å². The smallest absolute Gasteiger partial charge is 0.238 e. The average Bonchev–Trinajstić information content (AvgIpc) is 3.15. The fourth-order valence-electron chi connectivity index (χ4n) is 3.53. The van der Waals surface area contributed by atoms with E-state index in [9.17, 15) is 9.00 Å². The first kappa shape index (κ1) is 18.8. The minimum Gasteiger partial charge on any atom is -0.331 e. The first-order valence-corrected chi connectivity index (χ1v) is 10.9. The number of H-pyrrole nitrogens is 1. The largest absolute Gasteiger partial charge is 0.331 e. The molecule has 3 aromatic rings. The highest BCUT2D eigenvalue weighted by Crippen LogP contribution is 2.21. The molecular formula is C21H24N4O2S. The van der Waals surface area contributed by atoms with Crippen LogP contribution in [-0.4, -0.2) is 44.6 Å². The number of fused-ring (bicyclic) bond motifs is 1. The van der Waals surface area contributed by atoms with E-state index in [1.165, 1.54) is 6.42 Å². The molecule has 2 N–H and O–H groups in total. The van der Waals surface area contributed by atoms with Gasteiger partial charge in [0.25, 0.3) is 0 Å². The van der Waals surface area contributed by atoms with Crippen LogP contribution in [0.1, 0.15) is 24.8 Å². The monoisotopic (exact) mass is 396 g/mol. The van der Waals surface area contributed by atoms with Gasteiger partial charge in [0, 0.05) is 5.69 Å². The number of nitrogens with one attached hydrogen (secondary N) is 2. The van der Waals surface area contributed by atoms with E-state index in [2.05, 4.69) is 20.2 Å². The Balaban J connectivity index is 1.44. The summed E-state index contributed by atoms with van der Waals surface area (Å²) in [6.45, 7) is 2.36. The van der Waals surface area contributed by atoms with E-state index < -0.39 is 10.8 Å². The maximum absolute atomic E-state index is 12.8. The normalized spacial score (nSPS) is 16.1. The Morgan fingerprint density at radius 1 is 1.07 bits per heavy atom. The molecule has 0 spiro atoms. The van der Waals surface area contributed by atoms with Crippen molar-refractivity contribution in [3.05, 3.63) is 54.1 Å². The minimum atomic E-state index is -1.33. The fourth-order valence-corrected chi connectivity index (χ4v) is 4.62. The Labute approximate surface area is 166 Å². The Hall–Kier alpha value is -2.51. The number of hydrogen-bond donors (Lipinski definition) is 2. The van der Waals surface area contributed by atoms with Crippen molar-refractivity contribution in [3.8, 4) is 0 Å². The van der Waals surface area contributed by atoms with Gasteiger partial charge in [-0.1, -0.05) is 36.8 Å². The highest BCUT2D eigenvalue weighted by atomic mass is 32.2. The zero-order chi connectivity index (χ0) is 19.3. The summed E-state index contributed by atoms with van der Waals surface area (Å²) in [5.41, 5.74) is 3.23. The topological polar surface area (TPSA) is 78.1 Å². The second-order valence-corrected chi connectivity index (χ2v) is 8.46. The molecule has 0 radical (unpaired) electrons. The van der Waals surface area contributed by atoms with Crippen molar-refractivity contribution in [2.45, 2.75) is 30.2 Å². The molecule has 28 heavy (non-hydrogen) atoms. The lowest BCUT2D eigenvalue weighted by molar-refractivity contribution is -0.117. The number of nitrogens with zero attached hydrogens (tertiary/aromatic N) is 2. The molecule has 7 heteroatoms. The zero-order valence-corrected chi connectivity index (χ0v) is 16.5. The maximum Gasteiger partial charge on any atom is 0.238 e. The van der Waals surface area contributed by atoms with Crippen molar-refractivity contribution in [1.82, 2.24) is 14.9 Å². The summed E-state index contributed by atoms with van der Waals surface area (Å²) in [7, 11) is -1.33. The van der Waals surface area contributed by atoms with Crippen LogP contribution >= 0.6 is 0 Å². The van der Waals surface area contributed by atoms with Crippen molar-refractivity contribution in [2.24, 2.45) is 0 Å². The molecule has 1 amide bonds. The summed E-state index contributed by atoms with van der Waals surface area (Å²) < 4.78 is 12.8. The van der Waals surface area contributed by atoms with Crippen molar-refractivity contribution in [1.29, 1.82) is 0 Å². The Kier molecular flexibility index (Phi) is 5.83. The first-order chi connectivity index (χ1) is 13.7. The van der Waals surface area contributed by atoms with Crippen LogP contribution in [-0.2, 0) is 21.3 Å². The van der Waals surface area contributed by atoms with E-state index in [1.54, 1.807) is 0 Å². The van der Waals surface area contributed by atoms with Gasteiger partial charge in [0.15, 0.2) is 5.16 Å². The molecule has 1 aliphatic heterocycles. The lowest BCUT2D eigenvalue weighted by Gasteiger charge is -2.25. The second-order valence-electron chi connectivity index (χ2n) is 7.09. The van der Waals surface area contributed by atoms with Gasteiger partial charge in [-0.05, 0) is 49.7 Å². The molecule has 146 valence electrons. The van der Waals surface area contributed by atoms with Gasteiger partial charge in [0.2, 0.25) is 5.91 Å². The molecule has 1 aromatic heterocycles. The van der Waals surface area contributed by atoms with Gasteiger partial charge in [-0.3, -0.25) is 13.9 Å². The van der Waals surface area contributed by atoms with E-state index in [0.29, 0.717) is 23.1 Å². The number of carbonyl (C=O) groups excluding carboxylic acids is 1.